The molecule has 2 aromatic heterocycles. The summed E-state index contributed by atoms with van der Waals surface area (Å²) >= 11 is 0. The lowest BCUT2D eigenvalue weighted by Crippen LogP contribution is -2.61. The molecule has 25 nitrogen and oxygen atoms in total. The minimum absolute atomic E-state index is 0.00478. The Balaban J connectivity index is 0.000000628. The van der Waals surface area contributed by atoms with Crippen LogP contribution in [0.15, 0.2) is 91.0 Å². The van der Waals surface area contributed by atoms with Gasteiger partial charge in [0.05, 0.1) is 40.2 Å². The van der Waals surface area contributed by atoms with Crippen LogP contribution in [-0.2, 0) is 70.0 Å². The summed E-state index contributed by atoms with van der Waals surface area (Å²) in [6, 6.07) is 21.3. The number of amides is 6. The lowest BCUT2D eigenvalue weighted by molar-refractivity contribution is -0.178. The second kappa shape index (κ2) is 39.7. The Bertz CT molecular complexity index is 3930. The van der Waals surface area contributed by atoms with Crippen LogP contribution >= 0.6 is 0 Å². The quantitative estimate of drug-likeness (QED) is 0.0741. The van der Waals surface area contributed by atoms with Crippen LogP contribution in [0.2, 0.25) is 0 Å². The van der Waals surface area contributed by atoms with Gasteiger partial charge in [0.2, 0.25) is 29.5 Å². The van der Waals surface area contributed by atoms with Crippen molar-refractivity contribution in [2.24, 2.45) is 41.4 Å². The molecule has 26 heteroatoms. The first-order valence-electron chi connectivity index (χ1n) is 41.5. The van der Waals surface area contributed by atoms with Gasteiger partial charge in [-0.1, -0.05) is 136 Å². The summed E-state index contributed by atoms with van der Waals surface area (Å²) in [7, 11) is 9.73. The number of carbonyl (C=O) groups excluding carboxylic acids is 9. The zero-order chi connectivity index (χ0) is 84.2. The number of piperazine rings is 2. The number of rotatable bonds is 17. The lowest BCUT2D eigenvalue weighted by atomic mass is 9.82. The summed E-state index contributed by atoms with van der Waals surface area (Å²) in [6.07, 6.45) is -0.286. The second-order valence-corrected chi connectivity index (χ2v) is 35.5. The monoisotopic (exact) mass is 1580 g/mol. The number of hydrogen-bond donors (Lipinski definition) is 2. The van der Waals surface area contributed by atoms with Crippen molar-refractivity contribution in [1.29, 1.82) is 0 Å². The molecule has 0 spiro atoms. The number of nitrogens with one attached hydrogen (secondary N) is 1. The fourth-order valence-electron chi connectivity index (χ4n) is 16.5. The van der Waals surface area contributed by atoms with E-state index in [4.69, 9.17) is 24.0 Å². The summed E-state index contributed by atoms with van der Waals surface area (Å²) in [6.45, 7) is 37.0. The normalized spacial score (nSPS) is 25.6. The van der Waals surface area contributed by atoms with Crippen LogP contribution in [0, 0.1) is 41.4 Å². The standard InChI is InChI=1S/C72H107N9O11.C16H26BN3O2/c1-18-47(9)53-43-58(82)56-31-25-33-81(56)69(88)57(41-50-28-23-29-51(39-50)54-30-24-32-60(73-54)80-36-34-75(13)35-37-80)76(14)68(87)55(40-49-26-21-20-22-27-49)74-65(84)62(46(7)8)78(16)70(89)63(48(10)19-2)92-71(90)64(72(11,12)91)79(17)66(85)52(38-44(3)4)42-59(83)61(45(5)6)77(15)67(53)86;1-15(2)16(3,4)22-17(21-15)13-7-6-8-14(18-13)20-11-9-19(5)10-12-20/h20-24,26-30,32,39,44-48,52-53,55-57,61-64,91H,18-19,25,31,33-38,40-43H2,1-17H3,(H,74,84);6-8H,9-12H2,1-5H3/t47?,48?,52-,53+,55?,56?,57?,61+,62+,63-,64-;/m1./s1. The highest BCUT2D eigenvalue weighted by molar-refractivity contribution is 6.61. The topological polar surface area (TPSA) is 269 Å². The van der Waals surface area contributed by atoms with Crippen molar-refractivity contribution in [3.05, 3.63) is 102 Å². The van der Waals surface area contributed by atoms with Gasteiger partial charge in [-0.05, 0) is 146 Å². The highest BCUT2D eigenvalue weighted by Gasteiger charge is 2.53. The number of pyridine rings is 2. The van der Waals surface area contributed by atoms with Gasteiger partial charge in [-0.2, -0.15) is 0 Å². The number of likely N-dealkylation sites (N-methyl/N-ethyl adjacent to an activating group) is 6. The van der Waals surface area contributed by atoms with Crippen LogP contribution in [0.4, 0.5) is 11.6 Å². The van der Waals surface area contributed by atoms with E-state index in [0.29, 0.717) is 36.8 Å². The number of ether oxygens (including phenoxy) is 1. The molecule has 5 aliphatic heterocycles. The number of fused-ring (bicyclic) bond motifs is 1. The Morgan fingerprint density at radius 2 is 1.11 bits per heavy atom. The third-order valence-corrected chi connectivity index (χ3v) is 24.5. The number of hydrogen-bond acceptors (Lipinski definition) is 19. The van der Waals surface area contributed by atoms with E-state index in [1.54, 1.807) is 32.7 Å². The SMILES string of the molecule is CCC(C)[C@@H]1CC(=O)C2CCCN2C(=O)C(Cc2cccc(-c3cccc(N4CCN(C)CC4)n3)c2)N(C)C(=O)C(Cc2ccccc2)NC(=O)[C@H](C(C)C)N(C)C(=O)[C@@H](C(C)CC)OC(=O)[C@H](C(C)(C)O)N(C)C(=O)[C@H](CC(C)C)CC(=O)[C@H](C(C)C)N(C)C1=O.CN1CCN(c2cccc(B3OC(C)(C)C(C)(C)O3)n2)CC1. The van der Waals surface area contributed by atoms with Crippen LogP contribution in [0.25, 0.3) is 11.3 Å². The van der Waals surface area contributed by atoms with Gasteiger partial charge < -0.3 is 68.6 Å². The third-order valence-electron chi connectivity index (χ3n) is 24.5. The summed E-state index contributed by atoms with van der Waals surface area (Å²) in [5, 5.41) is 14.8. The first-order chi connectivity index (χ1) is 53.6. The molecule has 9 rings (SSSR count). The van der Waals surface area contributed by atoms with Crippen LogP contribution in [0.3, 0.4) is 0 Å². The number of esters is 1. The predicted molar refractivity (Wildman–Crippen MR) is 446 cm³/mol. The van der Waals surface area contributed by atoms with Crippen LogP contribution in [0.1, 0.15) is 167 Å². The summed E-state index contributed by atoms with van der Waals surface area (Å²) < 4.78 is 18.4. The lowest BCUT2D eigenvalue weighted by Gasteiger charge is -2.39. The van der Waals surface area contributed by atoms with E-state index >= 15 is 28.8 Å². The predicted octanol–water partition coefficient (Wildman–Crippen LogP) is 8.50. The zero-order valence-electron chi connectivity index (χ0n) is 72.3. The molecule has 5 unspecified atom stereocenters. The Kier molecular flexibility index (Phi) is 31.8. The highest BCUT2D eigenvalue weighted by Crippen LogP contribution is 2.38. The Morgan fingerprint density at radius 1 is 0.561 bits per heavy atom. The van der Waals surface area contributed by atoms with Crippen LogP contribution in [-0.4, -0.2) is 270 Å². The maximum Gasteiger partial charge on any atom is 0.514 e. The number of ketones is 2. The Labute approximate surface area is 679 Å². The molecule has 6 amide bonds. The molecule has 2 aromatic carbocycles. The second-order valence-electron chi connectivity index (χ2n) is 35.5. The molecule has 2 N–H and O–H groups in total. The van der Waals surface area contributed by atoms with Gasteiger partial charge in [0, 0.05) is 136 Å². The fraction of sp³-hybridized carbons (Fsp3) is 0.648. The van der Waals surface area contributed by atoms with Gasteiger partial charge in [-0.3, -0.25) is 38.4 Å². The summed E-state index contributed by atoms with van der Waals surface area (Å²) in [5.41, 5.74) is 1.15. The maximum atomic E-state index is 15.9. The average Bonchev–Trinajstić information content (AvgIpc) is 1.55. The number of nitrogens with zero attached hydrogens (tertiary/aromatic N) is 11. The number of Topliss-reactive ketones (excluding diaryl/α,β-unsaturated/α-hetero) is 2. The fourth-order valence-corrected chi connectivity index (χ4v) is 16.5. The van der Waals surface area contributed by atoms with Crippen molar-refractivity contribution in [2.45, 2.75) is 228 Å². The van der Waals surface area contributed by atoms with E-state index in [1.807, 2.05) is 133 Å². The van der Waals surface area contributed by atoms with Crippen molar-refractivity contribution in [3.63, 3.8) is 0 Å². The number of carbonyl (C=O) groups is 9. The molecule has 5 fully saturated rings. The first kappa shape index (κ1) is 91.4. The number of cyclic esters (lactones) is 1. The number of benzene rings is 2. The van der Waals surface area contributed by atoms with Gasteiger partial charge in [0.1, 0.15) is 29.8 Å². The molecule has 7 heterocycles. The molecular weight excluding hydrogens is 1440 g/mol. The average molecular weight is 1580 g/mol. The molecule has 4 aromatic rings. The van der Waals surface area contributed by atoms with Gasteiger partial charge >= 0.3 is 13.1 Å². The molecule has 5 aliphatic rings. The molecule has 5 saturated heterocycles. The van der Waals surface area contributed by atoms with E-state index in [-0.39, 0.29) is 67.5 Å². The van der Waals surface area contributed by atoms with Gasteiger partial charge in [0.25, 0.3) is 5.91 Å². The summed E-state index contributed by atoms with van der Waals surface area (Å²) in [4.78, 5) is 163. The van der Waals surface area contributed by atoms with Gasteiger partial charge in [0.15, 0.2) is 23.7 Å². The van der Waals surface area contributed by atoms with E-state index in [9.17, 15) is 19.5 Å². The van der Waals surface area contributed by atoms with Crippen molar-refractivity contribution in [3.8, 4) is 11.3 Å². The largest absolute Gasteiger partial charge is 0.514 e. The Hall–Kier alpha value is -8.17. The maximum absolute atomic E-state index is 15.9. The van der Waals surface area contributed by atoms with E-state index in [0.717, 1.165) is 85.7 Å². The van der Waals surface area contributed by atoms with E-state index in [2.05, 4.69) is 72.8 Å². The molecule has 0 saturated carbocycles. The van der Waals surface area contributed by atoms with Crippen molar-refractivity contribution >= 4 is 77.3 Å². The molecule has 114 heavy (non-hydrogen) atoms. The summed E-state index contributed by atoms with van der Waals surface area (Å²) in [5.74, 6) is -7.66. The minimum Gasteiger partial charge on any atom is -0.450 e. The molecule has 0 radical (unpaired) electrons. The first-order valence-corrected chi connectivity index (χ1v) is 41.5. The molecule has 0 bridgehead atoms. The molecule has 11 atom stereocenters. The smallest absolute Gasteiger partial charge is 0.450 e. The molecular formula is C88H133BN12O13. The number of anilines is 2. The van der Waals surface area contributed by atoms with Crippen molar-refractivity contribution in [1.82, 2.24) is 49.6 Å². The van der Waals surface area contributed by atoms with Gasteiger partial charge in [-0.25, -0.2) is 14.8 Å². The van der Waals surface area contributed by atoms with E-state index in [1.165, 1.54) is 49.7 Å². The Morgan fingerprint density at radius 3 is 1.66 bits per heavy atom. The van der Waals surface area contributed by atoms with Crippen molar-refractivity contribution < 1.29 is 62.3 Å². The third kappa shape index (κ3) is 22.5. The van der Waals surface area contributed by atoms with Gasteiger partial charge in [-0.15, -0.1) is 0 Å². The van der Waals surface area contributed by atoms with E-state index < -0.39 is 132 Å². The van der Waals surface area contributed by atoms with Crippen LogP contribution in [0.5, 0.6) is 0 Å². The number of aromatic nitrogens is 2. The highest BCUT2D eigenvalue weighted by atomic mass is 16.7. The molecule has 0 aliphatic carbocycles. The van der Waals surface area contributed by atoms with Crippen molar-refractivity contribution in [2.75, 3.05) is 111 Å². The molecule has 626 valence electrons. The minimum atomic E-state index is -1.95. The zero-order valence-corrected chi connectivity index (χ0v) is 72.3. The number of aliphatic hydroxyl groups is 1. The van der Waals surface area contributed by atoms with Crippen LogP contribution < -0.4 is 20.7 Å².